The second-order valence-corrected chi connectivity index (χ2v) is 13.7. The SMILES string of the molecule is C=C(C)[C@]1(O)C[C@@H](C)[C@@]2(O)[C@H]([C@H]1OC(=O)/C=C/C=C/CCCCCCCCCC)[C@@H]1O[C@]1(CO)[C@@H](O)[C@]1(O)C(=O)C(C)=C[C@H]12. The molecule has 10 atom stereocenters. The van der Waals surface area contributed by atoms with Crippen molar-refractivity contribution in [3.8, 4) is 0 Å². The fraction of sp³-hybridized carbons (Fsp3) is 0.714. The molecule has 1 saturated heterocycles. The molecule has 0 spiro atoms. The zero-order valence-corrected chi connectivity index (χ0v) is 26.7. The van der Waals surface area contributed by atoms with Gasteiger partial charge in [0.25, 0.3) is 0 Å². The Morgan fingerprint density at radius 2 is 1.75 bits per heavy atom. The van der Waals surface area contributed by atoms with E-state index in [1.807, 2.05) is 6.08 Å². The van der Waals surface area contributed by atoms with Gasteiger partial charge in [-0.15, -0.1) is 0 Å². The number of allylic oxidation sites excluding steroid dienone is 3. The van der Waals surface area contributed by atoms with Crippen LogP contribution in [0.1, 0.15) is 91.9 Å². The smallest absolute Gasteiger partial charge is 0.331 e. The first-order valence-corrected chi connectivity index (χ1v) is 16.3. The molecule has 0 unspecified atom stereocenters. The van der Waals surface area contributed by atoms with Crippen LogP contribution < -0.4 is 0 Å². The molecule has 3 fully saturated rings. The number of rotatable bonds is 14. The molecule has 4 rings (SSSR count). The maximum absolute atomic E-state index is 13.3. The van der Waals surface area contributed by atoms with E-state index in [4.69, 9.17) is 9.47 Å². The second kappa shape index (κ2) is 13.3. The van der Waals surface area contributed by atoms with E-state index in [1.54, 1.807) is 26.0 Å². The van der Waals surface area contributed by atoms with Crippen molar-refractivity contribution in [2.75, 3.05) is 6.61 Å². The lowest BCUT2D eigenvalue weighted by Crippen LogP contribution is -2.71. The van der Waals surface area contributed by atoms with E-state index in [-0.39, 0.29) is 12.0 Å². The Kier molecular flexibility index (Phi) is 10.5. The highest BCUT2D eigenvalue weighted by Gasteiger charge is 2.83. The molecule has 0 amide bonds. The zero-order valence-electron chi connectivity index (χ0n) is 26.7. The summed E-state index contributed by atoms with van der Waals surface area (Å²) in [4.78, 5) is 26.4. The minimum atomic E-state index is -2.48. The Labute approximate surface area is 261 Å². The average molecular weight is 617 g/mol. The second-order valence-electron chi connectivity index (χ2n) is 13.7. The molecule has 1 heterocycles. The molecule has 3 aliphatic carbocycles. The number of hydrogen-bond donors (Lipinski definition) is 5. The molecule has 44 heavy (non-hydrogen) atoms. The van der Waals surface area contributed by atoms with Gasteiger partial charge in [-0.05, 0) is 50.2 Å². The Bertz CT molecular complexity index is 1190. The summed E-state index contributed by atoms with van der Waals surface area (Å²) in [6.45, 7) is 10.1. The highest BCUT2D eigenvalue weighted by Crippen LogP contribution is 2.65. The van der Waals surface area contributed by atoms with Gasteiger partial charge < -0.3 is 35.0 Å². The molecule has 1 aliphatic heterocycles. The molecule has 4 aliphatic rings. The van der Waals surface area contributed by atoms with Crippen LogP contribution in [0.15, 0.2) is 48.1 Å². The zero-order chi connectivity index (χ0) is 32.5. The van der Waals surface area contributed by atoms with Crippen molar-refractivity contribution in [1.82, 2.24) is 0 Å². The van der Waals surface area contributed by atoms with E-state index < -0.39 is 76.8 Å². The first kappa shape index (κ1) is 34.7. The number of unbranched alkanes of at least 4 members (excludes halogenated alkanes) is 8. The molecule has 0 aromatic carbocycles. The first-order valence-electron chi connectivity index (χ1n) is 16.3. The van der Waals surface area contributed by atoms with Gasteiger partial charge in [0, 0.05) is 12.0 Å². The number of esters is 1. The van der Waals surface area contributed by atoms with E-state index in [0.717, 1.165) is 19.3 Å². The predicted octanol–water partition coefficient (Wildman–Crippen LogP) is 3.62. The number of hydrogen-bond acceptors (Lipinski definition) is 9. The van der Waals surface area contributed by atoms with Crippen LogP contribution in [0.25, 0.3) is 0 Å². The van der Waals surface area contributed by atoms with E-state index >= 15 is 0 Å². The summed E-state index contributed by atoms with van der Waals surface area (Å²) in [7, 11) is 0. The number of aliphatic hydroxyl groups is 5. The quantitative estimate of drug-likeness (QED) is 0.0491. The summed E-state index contributed by atoms with van der Waals surface area (Å²) < 4.78 is 11.8. The van der Waals surface area contributed by atoms with Crippen LogP contribution in [-0.2, 0) is 19.1 Å². The number of fused-ring (bicyclic) bond motifs is 5. The van der Waals surface area contributed by atoms with Crippen LogP contribution in [0.2, 0.25) is 0 Å². The molecular formula is C35H52O9. The molecule has 0 radical (unpaired) electrons. The van der Waals surface area contributed by atoms with Crippen LogP contribution in [-0.4, -0.2) is 84.6 Å². The number of Topliss-reactive ketones (excluding diaryl/α,β-unsaturated/α-hetero) is 1. The van der Waals surface area contributed by atoms with Crippen molar-refractivity contribution in [1.29, 1.82) is 0 Å². The third-order valence-corrected chi connectivity index (χ3v) is 10.8. The summed E-state index contributed by atoms with van der Waals surface area (Å²) in [6.07, 6.45) is 14.2. The van der Waals surface area contributed by atoms with Crippen LogP contribution >= 0.6 is 0 Å². The largest absolute Gasteiger partial charge is 0.455 e. The van der Waals surface area contributed by atoms with Gasteiger partial charge in [-0.25, -0.2) is 4.79 Å². The molecule has 246 valence electrons. The third kappa shape index (κ3) is 5.69. The Morgan fingerprint density at radius 3 is 2.36 bits per heavy atom. The molecule has 0 bridgehead atoms. The molecule has 5 N–H and O–H groups in total. The van der Waals surface area contributed by atoms with E-state index in [1.165, 1.54) is 57.6 Å². The number of aliphatic hydroxyl groups excluding tert-OH is 2. The Hall–Kier alpha value is -2.14. The van der Waals surface area contributed by atoms with Gasteiger partial charge in [0.2, 0.25) is 0 Å². The molecule has 0 aromatic rings. The van der Waals surface area contributed by atoms with E-state index in [2.05, 4.69) is 13.5 Å². The number of carbonyl (C=O) groups is 2. The Morgan fingerprint density at radius 1 is 1.11 bits per heavy atom. The average Bonchev–Trinajstić information content (AvgIpc) is 3.67. The maximum Gasteiger partial charge on any atom is 0.331 e. The highest BCUT2D eigenvalue weighted by molar-refractivity contribution is 6.05. The lowest BCUT2D eigenvalue weighted by molar-refractivity contribution is -0.252. The van der Waals surface area contributed by atoms with Crippen molar-refractivity contribution < 1.29 is 44.6 Å². The first-order chi connectivity index (χ1) is 20.8. The monoisotopic (exact) mass is 616 g/mol. The summed E-state index contributed by atoms with van der Waals surface area (Å²) in [5.74, 6) is -4.83. The van der Waals surface area contributed by atoms with Gasteiger partial charge in [-0.1, -0.05) is 89.7 Å². The fourth-order valence-corrected chi connectivity index (χ4v) is 8.06. The van der Waals surface area contributed by atoms with Crippen LogP contribution in [0.4, 0.5) is 0 Å². The Balaban J connectivity index is 1.53. The molecule has 2 saturated carbocycles. The lowest BCUT2D eigenvalue weighted by atomic mass is 9.54. The van der Waals surface area contributed by atoms with Gasteiger partial charge >= 0.3 is 5.97 Å². The molecule has 9 heteroatoms. The summed E-state index contributed by atoms with van der Waals surface area (Å²) in [5, 5.41) is 58.1. The van der Waals surface area contributed by atoms with Crippen molar-refractivity contribution in [2.45, 2.75) is 133 Å². The van der Waals surface area contributed by atoms with Crippen LogP contribution in [0.3, 0.4) is 0 Å². The van der Waals surface area contributed by atoms with E-state index in [9.17, 15) is 35.1 Å². The minimum absolute atomic E-state index is 0.0991. The molecule has 0 aromatic heterocycles. The van der Waals surface area contributed by atoms with Crippen molar-refractivity contribution in [2.24, 2.45) is 17.8 Å². The highest BCUT2D eigenvalue weighted by atomic mass is 16.6. The van der Waals surface area contributed by atoms with Crippen LogP contribution in [0, 0.1) is 17.8 Å². The summed E-state index contributed by atoms with van der Waals surface area (Å²) >= 11 is 0. The van der Waals surface area contributed by atoms with Gasteiger partial charge in [0.05, 0.1) is 18.1 Å². The number of ketones is 1. The predicted molar refractivity (Wildman–Crippen MR) is 165 cm³/mol. The number of ether oxygens (including phenoxy) is 2. The van der Waals surface area contributed by atoms with Crippen molar-refractivity contribution in [3.63, 3.8) is 0 Å². The maximum atomic E-state index is 13.3. The third-order valence-electron chi connectivity index (χ3n) is 10.8. The normalized spacial score (nSPS) is 41.2. The summed E-state index contributed by atoms with van der Waals surface area (Å²) in [6, 6.07) is 0. The number of epoxide rings is 1. The summed E-state index contributed by atoms with van der Waals surface area (Å²) in [5.41, 5.74) is -7.60. The molecular weight excluding hydrogens is 564 g/mol. The lowest BCUT2D eigenvalue weighted by Gasteiger charge is -2.57. The topological polar surface area (TPSA) is 157 Å². The minimum Gasteiger partial charge on any atom is -0.455 e. The van der Waals surface area contributed by atoms with Gasteiger partial charge in [-0.3, -0.25) is 4.79 Å². The number of carbonyl (C=O) groups excluding carboxylic acids is 2. The standard InChI is InChI=1S/C35H52O9/c1-6-7-8-9-10-11-12-13-14-15-16-17-18-26(37)43-29-27-30-33(21-36,44-30)31(39)35(42)25(19-23(4)28(35)38)34(27,41)24(5)20-32(29,40)22(2)3/h15-19,24-25,27,29-31,36,39-42H,2,6-14,20-21H2,1,3-5H3/b16-15+,18-17+/t24-,25+,27-,29-,30+,31-,32-,33+,34+,35-/m1/s1. The van der Waals surface area contributed by atoms with Crippen LogP contribution in [0.5, 0.6) is 0 Å². The van der Waals surface area contributed by atoms with Gasteiger partial charge in [0.15, 0.2) is 11.4 Å². The van der Waals surface area contributed by atoms with Crippen molar-refractivity contribution >= 4 is 11.8 Å². The van der Waals surface area contributed by atoms with E-state index in [0.29, 0.717) is 5.57 Å². The van der Waals surface area contributed by atoms with Gasteiger partial charge in [0.1, 0.15) is 29.5 Å². The van der Waals surface area contributed by atoms with Gasteiger partial charge in [-0.2, -0.15) is 0 Å². The molecule has 9 nitrogen and oxygen atoms in total. The fourth-order valence-electron chi connectivity index (χ4n) is 8.06. The van der Waals surface area contributed by atoms with Crippen molar-refractivity contribution in [3.05, 3.63) is 48.1 Å².